The topological polar surface area (TPSA) is 84.3 Å². The fourth-order valence-corrected chi connectivity index (χ4v) is 2.13. The van der Waals surface area contributed by atoms with E-state index in [2.05, 4.69) is 31.2 Å². The van der Waals surface area contributed by atoms with Gasteiger partial charge in [-0.05, 0) is 24.5 Å². The van der Waals surface area contributed by atoms with Crippen LogP contribution in [0.25, 0.3) is 0 Å². The van der Waals surface area contributed by atoms with Crippen LogP contribution in [-0.4, -0.2) is 21.4 Å². The van der Waals surface area contributed by atoms with E-state index in [0.29, 0.717) is 5.16 Å². The van der Waals surface area contributed by atoms with Crippen LogP contribution in [0.4, 0.5) is 17.2 Å². The molecule has 19 heavy (non-hydrogen) atoms. The number of hydrogen-bond donors (Lipinski definition) is 2. The lowest BCUT2D eigenvalue weighted by Crippen LogP contribution is -2.11. The van der Waals surface area contributed by atoms with E-state index in [9.17, 15) is 5.21 Å². The highest BCUT2D eigenvalue weighted by Gasteiger charge is 2.08. The summed E-state index contributed by atoms with van der Waals surface area (Å²) in [6.07, 6.45) is 3.10. The molecule has 0 amide bonds. The van der Waals surface area contributed by atoms with Gasteiger partial charge < -0.3 is 15.8 Å². The number of nitrogens with one attached hydrogen (secondary N) is 1. The van der Waals surface area contributed by atoms with Gasteiger partial charge in [0.2, 0.25) is 0 Å². The Morgan fingerprint density at radius 2 is 2.26 bits per heavy atom. The average Bonchev–Trinajstić information content (AvgIpc) is 2.38. The van der Waals surface area contributed by atoms with Gasteiger partial charge >= 0.3 is 0 Å². The smallest absolute Gasteiger partial charge is 0.189 e. The zero-order valence-corrected chi connectivity index (χ0v) is 12.3. The lowest BCUT2D eigenvalue weighted by atomic mass is 10.3. The van der Waals surface area contributed by atoms with E-state index in [-0.39, 0.29) is 16.7 Å². The van der Waals surface area contributed by atoms with E-state index in [1.807, 2.05) is 30.5 Å². The third-order valence-electron chi connectivity index (χ3n) is 2.22. The Hall–Kier alpha value is -1.35. The maximum Gasteiger partial charge on any atom is 0.189 e. The van der Waals surface area contributed by atoms with Crippen LogP contribution in [0.2, 0.25) is 0 Å². The van der Waals surface area contributed by atoms with E-state index in [4.69, 9.17) is 5.21 Å². The third kappa shape index (κ3) is 3.57. The van der Waals surface area contributed by atoms with Crippen LogP contribution in [0.15, 0.2) is 40.1 Å². The number of nitrogens with zero attached hydrogens (tertiary/aromatic N) is 3. The quantitative estimate of drug-likeness (QED) is 0.500. The molecule has 0 aliphatic rings. The van der Waals surface area contributed by atoms with Gasteiger partial charge in [-0.2, -0.15) is 0 Å². The zero-order valence-electron chi connectivity index (χ0n) is 9.87. The maximum absolute atomic E-state index is 11.1. The molecule has 0 fully saturated rings. The molecule has 2 aromatic rings. The molecule has 1 aromatic carbocycles. The highest BCUT2D eigenvalue weighted by molar-refractivity contribution is 9.10. The number of benzene rings is 1. The summed E-state index contributed by atoms with van der Waals surface area (Å²) in [5, 5.41) is 23.3. The first-order valence-electron chi connectivity index (χ1n) is 5.20. The Bertz CT molecular complexity index is 582. The molecule has 2 N–H and O–H groups in total. The molecule has 0 radical (unpaired) electrons. The first kappa shape index (κ1) is 14.1. The van der Waals surface area contributed by atoms with Crippen LogP contribution in [-0.2, 0) is 0 Å². The molecule has 0 aliphatic carbocycles. The Labute approximate surface area is 122 Å². The predicted molar refractivity (Wildman–Crippen MR) is 78.9 cm³/mol. The highest BCUT2D eigenvalue weighted by Crippen LogP contribution is 2.27. The molecular formula is C11H10BrN4O2S-. The molecule has 0 aliphatic heterocycles. The molecule has 0 saturated heterocycles. The van der Waals surface area contributed by atoms with Crippen LogP contribution in [0.3, 0.4) is 0 Å². The van der Waals surface area contributed by atoms with Crippen LogP contribution >= 0.6 is 27.7 Å². The molecule has 100 valence electrons. The molecule has 0 unspecified atom stereocenters. The van der Waals surface area contributed by atoms with E-state index in [0.717, 1.165) is 10.2 Å². The molecule has 0 saturated carbocycles. The van der Waals surface area contributed by atoms with Crippen molar-refractivity contribution in [2.24, 2.45) is 0 Å². The first-order chi connectivity index (χ1) is 9.10. The number of anilines is 3. The van der Waals surface area contributed by atoms with Crippen molar-refractivity contribution >= 4 is 44.9 Å². The lowest BCUT2D eigenvalue weighted by Gasteiger charge is -2.23. The Morgan fingerprint density at radius 3 is 2.89 bits per heavy atom. The molecule has 2 rings (SSSR count). The minimum absolute atomic E-state index is 0.0437. The van der Waals surface area contributed by atoms with Crippen molar-refractivity contribution in [3.8, 4) is 0 Å². The van der Waals surface area contributed by atoms with Crippen molar-refractivity contribution in [2.75, 3.05) is 16.8 Å². The zero-order chi connectivity index (χ0) is 13.8. The van der Waals surface area contributed by atoms with Gasteiger partial charge in [0.15, 0.2) is 11.0 Å². The van der Waals surface area contributed by atoms with E-state index in [1.54, 1.807) is 0 Å². The van der Waals surface area contributed by atoms with Gasteiger partial charge in [0.25, 0.3) is 0 Å². The third-order valence-corrected chi connectivity index (χ3v) is 3.28. The van der Waals surface area contributed by atoms with Gasteiger partial charge in [-0.15, -0.1) is 0 Å². The molecule has 0 bridgehead atoms. The van der Waals surface area contributed by atoms with Crippen molar-refractivity contribution < 1.29 is 5.21 Å². The van der Waals surface area contributed by atoms with Gasteiger partial charge in [-0.25, -0.2) is 9.97 Å². The van der Waals surface area contributed by atoms with E-state index in [1.165, 1.54) is 18.0 Å². The minimum Gasteiger partial charge on any atom is -0.733 e. The Kier molecular flexibility index (Phi) is 4.59. The van der Waals surface area contributed by atoms with Gasteiger partial charge in [-0.1, -0.05) is 33.8 Å². The van der Waals surface area contributed by atoms with Crippen molar-refractivity contribution in [3.63, 3.8) is 0 Å². The normalized spacial score (nSPS) is 10.3. The molecule has 8 heteroatoms. The van der Waals surface area contributed by atoms with Crippen molar-refractivity contribution in [3.05, 3.63) is 40.1 Å². The number of hydrogen-bond acceptors (Lipinski definition) is 7. The summed E-state index contributed by atoms with van der Waals surface area (Å²) in [4.78, 5) is 8.10. The largest absolute Gasteiger partial charge is 0.733 e. The first-order valence-corrected chi connectivity index (χ1v) is 7.21. The molecular weight excluding hydrogens is 332 g/mol. The van der Waals surface area contributed by atoms with Gasteiger partial charge in [-0.3, -0.25) is 5.21 Å². The summed E-state index contributed by atoms with van der Waals surface area (Å²) in [6, 6.07) is 7.38. The summed E-state index contributed by atoms with van der Waals surface area (Å²) >= 11 is 4.70. The van der Waals surface area contributed by atoms with Crippen LogP contribution in [0.1, 0.15) is 0 Å². The summed E-state index contributed by atoms with van der Waals surface area (Å²) in [5.74, 6) is 0.245. The predicted octanol–water partition coefficient (Wildman–Crippen LogP) is 3.40. The van der Waals surface area contributed by atoms with Crippen molar-refractivity contribution in [2.45, 2.75) is 5.16 Å². The summed E-state index contributed by atoms with van der Waals surface area (Å²) in [5.41, 5.74) is 0.695. The second-order valence-electron chi connectivity index (χ2n) is 3.50. The number of rotatable bonds is 4. The fraction of sp³-hybridized carbons (Fsp3) is 0.0909. The highest BCUT2D eigenvalue weighted by atomic mass is 79.9. The number of aromatic nitrogens is 2. The van der Waals surface area contributed by atoms with Gasteiger partial charge in [0.1, 0.15) is 5.69 Å². The number of thioether (sulfide) groups is 1. The summed E-state index contributed by atoms with van der Waals surface area (Å²) < 4.78 is 0.890. The van der Waals surface area contributed by atoms with Crippen LogP contribution in [0, 0.1) is 5.21 Å². The van der Waals surface area contributed by atoms with Crippen LogP contribution in [0.5, 0.6) is 0 Å². The van der Waals surface area contributed by atoms with E-state index < -0.39 is 0 Å². The average molecular weight is 342 g/mol. The van der Waals surface area contributed by atoms with Crippen molar-refractivity contribution in [1.82, 2.24) is 9.97 Å². The Morgan fingerprint density at radius 1 is 1.47 bits per heavy atom. The molecule has 0 spiro atoms. The fourth-order valence-electron chi connectivity index (χ4n) is 1.39. The SMILES string of the molecule is CSc1ncc(N([O-])O)c(Nc2cccc(Br)c2)n1. The lowest BCUT2D eigenvalue weighted by molar-refractivity contribution is 0.296. The summed E-state index contributed by atoms with van der Waals surface area (Å²) in [7, 11) is 0. The minimum atomic E-state index is -0.259. The van der Waals surface area contributed by atoms with Gasteiger partial charge in [0.05, 0.1) is 6.20 Å². The molecule has 6 nitrogen and oxygen atoms in total. The monoisotopic (exact) mass is 341 g/mol. The Balaban J connectivity index is 2.36. The molecule has 1 aromatic heterocycles. The second-order valence-corrected chi connectivity index (χ2v) is 5.19. The molecule has 1 heterocycles. The van der Waals surface area contributed by atoms with Crippen molar-refractivity contribution in [1.29, 1.82) is 0 Å². The summed E-state index contributed by atoms with van der Waals surface area (Å²) in [6.45, 7) is 0. The van der Waals surface area contributed by atoms with Crippen LogP contribution < -0.4 is 10.5 Å². The van der Waals surface area contributed by atoms with Gasteiger partial charge in [0, 0.05) is 10.2 Å². The standard InChI is InChI=1S/C11H10BrN4O2S/c1-19-11-13-6-9(16(17)18)10(15-11)14-8-4-2-3-7(12)5-8/h2-6,17H,1H3,(H,13,14,15)/q-1. The van der Waals surface area contributed by atoms with E-state index >= 15 is 0 Å². The second kappa shape index (κ2) is 6.20. The molecule has 0 atom stereocenters. The maximum atomic E-state index is 11.1. The number of halogens is 1.